The van der Waals surface area contributed by atoms with Gasteiger partial charge in [0.15, 0.2) is 4.67 Å². The van der Waals surface area contributed by atoms with Gasteiger partial charge in [0.1, 0.15) is 18.1 Å². The van der Waals surface area contributed by atoms with E-state index >= 15 is 0 Å². The van der Waals surface area contributed by atoms with E-state index in [9.17, 15) is 0 Å². The highest BCUT2D eigenvalue weighted by molar-refractivity contribution is 9.10. The van der Waals surface area contributed by atoms with Crippen LogP contribution in [0.3, 0.4) is 0 Å². The van der Waals surface area contributed by atoms with Gasteiger partial charge >= 0.3 is 0 Å². The lowest BCUT2D eigenvalue weighted by Crippen LogP contribution is -1.94. The van der Waals surface area contributed by atoms with Crippen molar-refractivity contribution in [1.29, 1.82) is 0 Å². The summed E-state index contributed by atoms with van der Waals surface area (Å²) in [5.41, 5.74) is 1.13. The maximum Gasteiger partial charge on any atom is 0.169 e. The van der Waals surface area contributed by atoms with Crippen LogP contribution in [-0.2, 0) is 6.61 Å². The molecule has 1 heterocycles. The van der Waals surface area contributed by atoms with Gasteiger partial charge in [0.05, 0.1) is 0 Å². The van der Waals surface area contributed by atoms with E-state index in [1.54, 1.807) is 0 Å². The van der Waals surface area contributed by atoms with Crippen LogP contribution in [0.1, 0.15) is 11.3 Å². The van der Waals surface area contributed by atoms with Crippen LogP contribution >= 0.6 is 15.9 Å². The second-order valence-corrected chi connectivity index (χ2v) is 4.04. The molecule has 0 spiro atoms. The summed E-state index contributed by atoms with van der Waals surface area (Å²) >= 11 is 3.25. The minimum absolute atomic E-state index is 0.455. The number of hydrogen-bond acceptors (Lipinski definition) is 2. The number of hydrogen-bond donors (Lipinski definition) is 0. The Morgan fingerprint density at radius 2 is 2.00 bits per heavy atom. The van der Waals surface area contributed by atoms with Gasteiger partial charge in [-0.1, -0.05) is 18.2 Å². The van der Waals surface area contributed by atoms with E-state index in [1.165, 1.54) is 0 Å². The Balaban J connectivity index is 2.02. The van der Waals surface area contributed by atoms with Gasteiger partial charge in [-0.2, -0.15) is 0 Å². The van der Waals surface area contributed by atoms with E-state index in [4.69, 9.17) is 9.15 Å². The summed E-state index contributed by atoms with van der Waals surface area (Å²) in [6, 6.07) is 11.7. The molecule has 2 rings (SSSR count). The predicted molar refractivity (Wildman–Crippen MR) is 61.9 cm³/mol. The summed E-state index contributed by atoms with van der Waals surface area (Å²) in [7, 11) is 0. The third-order valence-corrected chi connectivity index (χ3v) is 2.52. The fraction of sp³-hybridized carbons (Fsp3) is 0.167. The monoisotopic (exact) mass is 266 g/mol. The number of aryl methyl sites for hydroxylation is 1. The smallest absolute Gasteiger partial charge is 0.169 e. The van der Waals surface area contributed by atoms with E-state index in [-0.39, 0.29) is 0 Å². The molecule has 1 aromatic carbocycles. The zero-order valence-electron chi connectivity index (χ0n) is 8.37. The van der Waals surface area contributed by atoms with Crippen molar-refractivity contribution in [2.45, 2.75) is 13.5 Å². The lowest BCUT2D eigenvalue weighted by atomic mass is 10.2. The first kappa shape index (κ1) is 10.3. The molecule has 2 nitrogen and oxygen atoms in total. The molecule has 0 radical (unpaired) electrons. The fourth-order valence-corrected chi connectivity index (χ4v) is 1.64. The lowest BCUT2D eigenvalue weighted by Gasteiger charge is -2.06. The van der Waals surface area contributed by atoms with Gasteiger partial charge in [-0.3, -0.25) is 0 Å². The summed E-state index contributed by atoms with van der Waals surface area (Å²) in [4.78, 5) is 0. The molecule has 0 aliphatic carbocycles. The van der Waals surface area contributed by atoms with Crippen LogP contribution in [0.4, 0.5) is 0 Å². The number of rotatable bonds is 3. The zero-order chi connectivity index (χ0) is 10.7. The highest BCUT2D eigenvalue weighted by Gasteiger charge is 2.02. The quantitative estimate of drug-likeness (QED) is 0.840. The van der Waals surface area contributed by atoms with E-state index in [1.807, 2.05) is 43.3 Å². The molecule has 78 valence electrons. The lowest BCUT2D eigenvalue weighted by molar-refractivity contribution is 0.266. The third kappa shape index (κ3) is 2.63. The Hall–Kier alpha value is -1.22. The second kappa shape index (κ2) is 4.53. The summed E-state index contributed by atoms with van der Waals surface area (Å²) in [6.45, 7) is 2.48. The SMILES string of the molecule is Cc1ccccc1OCc1ccc(Br)o1. The normalized spacial score (nSPS) is 10.3. The van der Waals surface area contributed by atoms with Crippen LogP contribution in [0.5, 0.6) is 5.75 Å². The summed E-state index contributed by atoms with van der Waals surface area (Å²) in [5, 5.41) is 0. The molecule has 0 fully saturated rings. The molecule has 0 saturated carbocycles. The second-order valence-electron chi connectivity index (χ2n) is 3.26. The van der Waals surface area contributed by atoms with Gasteiger partial charge in [0, 0.05) is 0 Å². The molecule has 0 atom stereocenters. The minimum Gasteiger partial charge on any atom is -0.485 e. The highest BCUT2D eigenvalue weighted by Crippen LogP contribution is 2.19. The van der Waals surface area contributed by atoms with Crippen molar-refractivity contribution in [2.75, 3.05) is 0 Å². The first-order valence-corrected chi connectivity index (χ1v) is 5.47. The van der Waals surface area contributed by atoms with E-state index in [0.29, 0.717) is 6.61 Å². The predicted octanol–water partition coefficient (Wildman–Crippen LogP) is 3.93. The van der Waals surface area contributed by atoms with Crippen molar-refractivity contribution < 1.29 is 9.15 Å². The van der Waals surface area contributed by atoms with Gasteiger partial charge < -0.3 is 9.15 Å². The van der Waals surface area contributed by atoms with Crippen LogP contribution < -0.4 is 4.74 Å². The van der Waals surface area contributed by atoms with E-state index in [2.05, 4.69) is 15.9 Å². The number of benzene rings is 1. The molecule has 1 aromatic heterocycles. The summed E-state index contributed by atoms with van der Waals surface area (Å²) in [5.74, 6) is 1.70. The number of halogens is 1. The molecule has 3 heteroatoms. The molecule has 0 aliphatic rings. The van der Waals surface area contributed by atoms with Crippen LogP contribution in [-0.4, -0.2) is 0 Å². The Morgan fingerprint density at radius 3 is 2.67 bits per heavy atom. The van der Waals surface area contributed by atoms with Crippen LogP contribution in [0.15, 0.2) is 45.5 Å². The van der Waals surface area contributed by atoms with Gasteiger partial charge in [-0.25, -0.2) is 0 Å². The van der Waals surface area contributed by atoms with Crippen LogP contribution in [0.25, 0.3) is 0 Å². The maximum absolute atomic E-state index is 5.62. The molecule has 0 N–H and O–H groups in total. The standard InChI is InChI=1S/C12H11BrO2/c1-9-4-2-3-5-11(9)14-8-10-6-7-12(13)15-10/h2-7H,8H2,1H3. The van der Waals surface area contributed by atoms with Gasteiger partial charge in [0.2, 0.25) is 0 Å². The first-order valence-electron chi connectivity index (χ1n) is 4.68. The molecule has 0 aliphatic heterocycles. The molecule has 0 bridgehead atoms. The molecular formula is C12H11BrO2. The van der Waals surface area contributed by atoms with Crippen molar-refractivity contribution in [2.24, 2.45) is 0 Å². The number of furan rings is 1. The van der Waals surface area contributed by atoms with Crippen LogP contribution in [0, 0.1) is 6.92 Å². The fourth-order valence-electron chi connectivity index (χ4n) is 1.30. The Morgan fingerprint density at radius 1 is 1.20 bits per heavy atom. The number of para-hydroxylation sites is 1. The third-order valence-electron chi connectivity index (χ3n) is 2.09. The summed E-state index contributed by atoms with van der Waals surface area (Å²) < 4.78 is 11.7. The van der Waals surface area contributed by atoms with Crippen molar-refractivity contribution in [1.82, 2.24) is 0 Å². The zero-order valence-corrected chi connectivity index (χ0v) is 9.95. The number of ether oxygens (including phenoxy) is 1. The van der Waals surface area contributed by atoms with Crippen molar-refractivity contribution >= 4 is 15.9 Å². The molecule has 2 aromatic rings. The average molecular weight is 267 g/mol. The van der Waals surface area contributed by atoms with Gasteiger partial charge in [0.25, 0.3) is 0 Å². The van der Waals surface area contributed by atoms with Gasteiger partial charge in [-0.05, 0) is 46.6 Å². The largest absolute Gasteiger partial charge is 0.485 e. The Labute approximate surface area is 97.0 Å². The molecule has 0 unspecified atom stereocenters. The molecule has 0 saturated heterocycles. The topological polar surface area (TPSA) is 22.4 Å². The van der Waals surface area contributed by atoms with E-state index < -0.39 is 0 Å². The van der Waals surface area contributed by atoms with Gasteiger partial charge in [-0.15, -0.1) is 0 Å². The maximum atomic E-state index is 5.62. The average Bonchev–Trinajstić information content (AvgIpc) is 2.63. The summed E-state index contributed by atoms with van der Waals surface area (Å²) in [6.07, 6.45) is 0. The Kier molecular flexibility index (Phi) is 3.11. The molecule has 15 heavy (non-hydrogen) atoms. The molecule has 0 amide bonds. The molecular weight excluding hydrogens is 256 g/mol. The van der Waals surface area contributed by atoms with E-state index in [0.717, 1.165) is 21.7 Å². The highest BCUT2D eigenvalue weighted by atomic mass is 79.9. The van der Waals surface area contributed by atoms with Crippen molar-refractivity contribution in [3.8, 4) is 5.75 Å². The Bertz CT molecular complexity index is 448. The minimum atomic E-state index is 0.455. The van der Waals surface area contributed by atoms with Crippen molar-refractivity contribution in [3.63, 3.8) is 0 Å². The van der Waals surface area contributed by atoms with Crippen molar-refractivity contribution in [3.05, 3.63) is 52.4 Å². The van der Waals surface area contributed by atoms with Crippen LogP contribution in [0.2, 0.25) is 0 Å². The first-order chi connectivity index (χ1) is 7.25.